The summed E-state index contributed by atoms with van der Waals surface area (Å²) in [5.74, 6) is -0.363. The first-order valence-electron chi connectivity index (χ1n) is 5.58. The molecule has 0 heterocycles. The standard InChI is InChI=1S/C13H7Br3FNO3/c14-6-7-3-8(15)1-2-12(7)21-13-5-10(17)9(16)4-11(13)18(19)20/h1-5H,6H2. The van der Waals surface area contributed by atoms with E-state index < -0.39 is 10.7 Å². The number of halogens is 4. The summed E-state index contributed by atoms with van der Waals surface area (Å²) in [5, 5.41) is 11.5. The molecule has 0 fully saturated rings. The van der Waals surface area contributed by atoms with Crippen LogP contribution in [-0.4, -0.2) is 4.92 Å². The molecule has 2 aromatic carbocycles. The van der Waals surface area contributed by atoms with Gasteiger partial charge in [-0.05, 0) is 34.1 Å². The van der Waals surface area contributed by atoms with Gasteiger partial charge in [0.1, 0.15) is 11.6 Å². The lowest BCUT2D eigenvalue weighted by molar-refractivity contribution is -0.385. The highest BCUT2D eigenvalue weighted by molar-refractivity contribution is 9.10. The molecule has 8 heteroatoms. The van der Waals surface area contributed by atoms with Gasteiger partial charge in [-0.1, -0.05) is 31.9 Å². The monoisotopic (exact) mass is 481 g/mol. The molecule has 0 saturated carbocycles. The third-order valence-corrected chi connectivity index (χ3v) is 4.29. The zero-order valence-electron chi connectivity index (χ0n) is 10.3. The van der Waals surface area contributed by atoms with Crippen molar-refractivity contribution in [1.29, 1.82) is 0 Å². The van der Waals surface area contributed by atoms with Crippen molar-refractivity contribution in [2.75, 3.05) is 0 Å². The lowest BCUT2D eigenvalue weighted by Crippen LogP contribution is -1.97. The van der Waals surface area contributed by atoms with Gasteiger partial charge in [0, 0.05) is 27.5 Å². The van der Waals surface area contributed by atoms with E-state index in [0.717, 1.165) is 22.2 Å². The molecule has 0 aliphatic heterocycles. The minimum atomic E-state index is -0.631. The zero-order chi connectivity index (χ0) is 15.6. The molecule has 0 N–H and O–H groups in total. The second-order valence-corrected chi connectivity index (χ2v) is 6.31. The molecule has 0 aromatic heterocycles. The molecule has 0 amide bonds. The first-order chi connectivity index (χ1) is 9.92. The molecule has 0 aliphatic rings. The Labute approximate surface area is 144 Å². The van der Waals surface area contributed by atoms with Crippen molar-refractivity contribution < 1.29 is 14.1 Å². The number of hydrogen-bond acceptors (Lipinski definition) is 3. The maximum atomic E-state index is 13.6. The fraction of sp³-hybridized carbons (Fsp3) is 0.0769. The number of rotatable bonds is 4. The number of nitro benzene ring substituents is 1. The SMILES string of the molecule is O=[N+]([O-])c1cc(Br)c(F)cc1Oc1ccc(Br)cc1CBr. The smallest absolute Gasteiger partial charge is 0.312 e. The van der Waals surface area contributed by atoms with Gasteiger partial charge >= 0.3 is 5.69 Å². The largest absolute Gasteiger partial charge is 0.450 e. The minimum Gasteiger partial charge on any atom is -0.450 e. The Hall–Kier alpha value is -0.990. The predicted octanol–water partition coefficient (Wildman–Crippen LogP) is 5.95. The predicted molar refractivity (Wildman–Crippen MR) is 87.6 cm³/mol. The van der Waals surface area contributed by atoms with Crippen LogP contribution >= 0.6 is 47.8 Å². The number of nitrogens with zero attached hydrogens (tertiary/aromatic N) is 1. The Morgan fingerprint density at radius 2 is 1.90 bits per heavy atom. The van der Waals surface area contributed by atoms with Gasteiger partial charge in [-0.3, -0.25) is 10.1 Å². The van der Waals surface area contributed by atoms with E-state index in [0.29, 0.717) is 11.1 Å². The number of ether oxygens (including phenoxy) is 1. The topological polar surface area (TPSA) is 52.4 Å². The Bertz CT molecular complexity index is 709. The van der Waals surface area contributed by atoms with Crippen LogP contribution in [0.5, 0.6) is 11.5 Å². The van der Waals surface area contributed by atoms with E-state index in [2.05, 4.69) is 47.8 Å². The maximum absolute atomic E-state index is 13.6. The van der Waals surface area contributed by atoms with Crippen LogP contribution in [0.25, 0.3) is 0 Å². The molecular weight excluding hydrogens is 477 g/mol. The van der Waals surface area contributed by atoms with E-state index in [-0.39, 0.29) is 15.9 Å². The third-order valence-electron chi connectivity index (χ3n) is 2.58. The van der Waals surface area contributed by atoms with Gasteiger partial charge in [0.25, 0.3) is 0 Å². The van der Waals surface area contributed by atoms with Gasteiger partial charge in [0.15, 0.2) is 0 Å². The molecular formula is C13H7Br3FNO3. The van der Waals surface area contributed by atoms with Crippen molar-refractivity contribution in [3.8, 4) is 11.5 Å². The normalized spacial score (nSPS) is 10.5. The molecule has 21 heavy (non-hydrogen) atoms. The second kappa shape index (κ2) is 6.85. The average Bonchev–Trinajstić information content (AvgIpc) is 2.44. The van der Waals surface area contributed by atoms with E-state index in [1.54, 1.807) is 12.1 Å². The summed E-state index contributed by atoms with van der Waals surface area (Å²) in [6, 6.07) is 7.28. The Morgan fingerprint density at radius 1 is 1.19 bits per heavy atom. The van der Waals surface area contributed by atoms with Gasteiger partial charge in [-0.2, -0.15) is 0 Å². The molecule has 0 radical (unpaired) electrons. The van der Waals surface area contributed by atoms with Crippen molar-refractivity contribution in [3.63, 3.8) is 0 Å². The zero-order valence-corrected chi connectivity index (χ0v) is 15.0. The highest BCUT2D eigenvalue weighted by Gasteiger charge is 2.20. The van der Waals surface area contributed by atoms with Crippen LogP contribution in [0.4, 0.5) is 10.1 Å². The molecule has 0 saturated heterocycles. The average molecular weight is 484 g/mol. The van der Waals surface area contributed by atoms with Gasteiger partial charge in [-0.15, -0.1) is 0 Å². The number of nitro groups is 1. The van der Waals surface area contributed by atoms with Crippen molar-refractivity contribution in [3.05, 3.63) is 60.8 Å². The Morgan fingerprint density at radius 3 is 2.52 bits per heavy atom. The number of hydrogen-bond donors (Lipinski definition) is 0. The quantitative estimate of drug-likeness (QED) is 0.307. The fourth-order valence-electron chi connectivity index (χ4n) is 1.61. The lowest BCUT2D eigenvalue weighted by Gasteiger charge is -2.11. The summed E-state index contributed by atoms with van der Waals surface area (Å²) in [4.78, 5) is 10.4. The van der Waals surface area contributed by atoms with Crippen LogP contribution < -0.4 is 4.74 Å². The van der Waals surface area contributed by atoms with Gasteiger partial charge in [-0.25, -0.2) is 4.39 Å². The molecule has 2 aromatic rings. The first kappa shape index (κ1) is 16.4. The highest BCUT2D eigenvalue weighted by atomic mass is 79.9. The van der Waals surface area contributed by atoms with E-state index in [4.69, 9.17) is 4.74 Å². The summed E-state index contributed by atoms with van der Waals surface area (Å²) in [6.45, 7) is 0. The van der Waals surface area contributed by atoms with Gasteiger partial charge in [0.2, 0.25) is 5.75 Å². The van der Waals surface area contributed by atoms with Crippen molar-refractivity contribution in [2.45, 2.75) is 5.33 Å². The van der Waals surface area contributed by atoms with E-state index in [1.165, 1.54) is 0 Å². The summed E-state index contributed by atoms with van der Waals surface area (Å²) >= 11 is 9.57. The molecule has 2 rings (SSSR count). The molecule has 0 unspecified atom stereocenters. The molecule has 0 spiro atoms. The Kier molecular flexibility index (Phi) is 5.34. The van der Waals surface area contributed by atoms with E-state index >= 15 is 0 Å². The molecule has 0 aliphatic carbocycles. The molecule has 4 nitrogen and oxygen atoms in total. The van der Waals surface area contributed by atoms with Crippen molar-refractivity contribution in [2.24, 2.45) is 0 Å². The number of benzene rings is 2. The van der Waals surface area contributed by atoms with Crippen LogP contribution in [0.1, 0.15) is 5.56 Å². The number of alkyl halides is 1. The van der Waals surface area contributed by atoms with Crippen LogP contribution in [0.15, 0.2) is 39.3 Å². The van der Waals surface area contributed by atoms with Crippen LogP contribution in [-0.2, 0) is 5.33 Å². The van der Waals surface area contributed by atoms with Crippen molar-refractivity contribution in [1.82, 2.24) is 0 Å². The van der Waals surface area contributed by atoms with Gasteiger partial charge in [0.05, 0.1) is 9.40 Å². The summed E-state index contributed by atoms with van der Waals surface area (Å²) in [6.07, 6.45) is 0. The second-order valence-electron chi connectivity index (χ2n) is 3.98. The Balaban J connectivity index is 2.48. The fourth-order valence-corrected chi connectivity index (χ4v) is 2.79. The van der Waals surface area contributed by atoms with Crippen LogP contribution in [0, 0.1) is 15.9 Å². The van der Waals surface area contributed by atoms with E-state index in [9.17, 15) is 14.5 Å². The first-order valence-corrected chi connectivity index (χ1v) is 8.28. The van der Waals surface area contributed by atoms with Crippen LogP contribution in [0.3, 0.4) is 0 Å². The molecule has 0 atom stereocenters. The lowest BCUT2D eigenvalue weighted by atomic mass is 10.2. The van der Waals surface area contributed by atoms with Gasteiger partial charge < -0.3 is 4.74 Å². The highest BCUT2D eigenvalue weighted by Crippen LogP contribution is 2.37. The third kappa shape index (κ3) is 3.81. The van der Waals surface area contributed by atoms with E-state index in [1.807, 2.05) is 6.07 Å². The molecule has 110 valence electrons. The summed E-state index contributed by atoms with van der Waals surface area (Å²) in [5.41, 5.74) is 0.466. The summed E-state index contributed by atoms with van der Waals surface area (Å²) in [7, 11) is 0. The van der Waals surface area contributed by atoms with Crippen LogP contribution in [0.2, 0.25) is 0 Å². The maximum Gasteiger partial charge on any atom is 0.312 e. The van der Waals surface area contributed by atoms with Crippen molar-refractivity contribution >= 4 is 53.5 Å². The minimum absolute atomic E-state index is 0.0121. The summed E-state index contributed by atoms with van der Waals surface area (Å²) < 4.78 is 20.0. The molecule has 0 bridgehead atoms.